The molecule has 194 valence electrons. The summed E-state index contributed by atoms with van der Waals surface area (Å²) in [5, 5.41) is 25.6. The first-order chi connectivity index (χ1) is 17.7. The van der Waals surface area contributed by atoms with Crippen LogP contribution in [0.15, 0.2) is 66.7 Å². The number of benzene rings is 3. The summed E-state index contributed by atoms with van der Waals surface area (Å²) < 4.78 is 0. The van der Waals surface area contributed by atoms with E-state index in [1.807, 2.05) is 37.3 Å². The molecule has 3 rings (SSSR count). The molecule has 6 N–H and O–H groups in total. The molecule has 0 spiro atoms. The highest BCUT2D eigenvalue weighted by atomic mass is 16.4. The number of amides is 2. The first-order valence-electron chi connectivity index (χ1n) is 12.2. The maximum atomic E-state index is 12.0. The fourth-order valence-corrected chi connectivity index (χ4v) is 4.04. The van der Waals surface area contributed by atoms with Crippen LogP contribution in [0.3, 0.4) is 0 Å². The second-order valence-electron chi connectivity index (χ2n) is 8.93. The maximum Gasteiger partial charge on any atom is 0.335 e. The van der Waals surface area contributed by atoms with Crippen molar-refractivity contribution in [3.05, 3.63) is 94.5 Å². The number of aliphatic hydroxyl groups excluding tert-OH is 1. The number of carboxylic acids is 1. The molecular formula is C29H33N3O5. The number of aromatic carboxylic acids is 1. The molecule has 0 saturated heterocycles. The normalized spacial score (nSPS) is 11.6. The Morgan fingerprint density at radius 3 is 2.32 bits per heavy atom. The summed E-state index contributed by atoms with van der Waals surface area (Å²) >= 11 is 0. The van der Waals surface area contributed by atoms with Crippen LogP contribution in [0.2, 0.25) is 0 Å². The first kappa shape index (κ1) is 27.6. The number of hydrogen-bond donors (Lipinski definition) is 5. The van der Waals surface area contributed by atoms with Crippen LogP contribution < -0.4 is 16.4 Å². The number of aryl methyl sites for hydroxylation is 1. The Morgan fingerprint density at radius 1 is 0.919 bits per heavy atom. The molecule has 0 aliphatic heterocycles. The van der Waals surface area contributed by atoms with Gasteiger partial charge in [0.05, 0.1) is 11.7 Å². The third-order valence-corrected chi connectivity index (χ3v) is 6.15. The molecule has 0 heterocycles. The minimum absolute atomic E-state index is 0.0689. The van der Waals surface area contributed by atoms with E-state index in [4.69, 9.17) is 10.8 Å². The quantitative estimate of drug-likeness (QED) is 0.227. The number of aliphatic hydroxyl groups is 1. The van der Waals surface area contributed by atoms with Crippen LogP contribution in [0.1, 0.15) is 56.4 Å². The van der Waals surface area contributed by atoms with E-state index in [2.05, 4.69) is 10.6 Å². The highest BCUT2D eigenvalue weighted by molar-refractivity contribution is 5.93. The number of nitrogens with two attached hydrogens (primary N) is 1. The van der Waals surface area contributed by atoms with Crippen molar-refractivity contribution in [3.63, 3.8) is 0 Å². The van der Waals surface area contributed by atoms with E-state index in [0.29, 0.717) is 44.5 Å². The molecule has 1 unspecified atom stereocenters. The van der Waals surface area contributed by atoms with Crippen molar-refractivity contribution in [3.8, 4) is 11.1 Å². The van der Waals surface area contributed by atoms with Gasteiger partial charge in [-0.15, -0.1) is 0 Å². The summed E-state index contributed by atoms with van der Waals surface area (Å²) in [4.78, 5) is 34.3. The topological polar surface area (TPSA) is 142 Å². The van der Waals surface area contributed by atoms with Gasteiger partial charge in [-0.3, -0.25) is 9.59 Å². The molecule has 8 heteroatoms. The van der Waals surface area contributed by atoms with Crippen molar-refractivity contribution in [2.24, 2.45) is 5.73 Å². The SMILES string of the molecule is Cc1cc(C(N)=O)ccc1-c1cccc(C(O)CCNCCC(=O)NCCc2ccc(C(=O)O)cc2)c1. The number of nitrogens with one attached hydrogen (secondary N) is 2. The molecule has 37 heavy (non-hydrogen) atoms. The molecule has 0 bridgehead atoms. The molecule has 0 aliphatic carbocycles. The number of primary amides is 1. The summed E-state index contributed by atoms with van der Waals surface area (Å²) in [6, 6.07) is 19.6. The van der Waals surface area contributed by atoms with E-state index >= 15 is 0 Å². The molecule has 0 radical (unpaired) electrons. The number of carbonyl (C=O) groups is 3. The number of carboxylic acid groups (broad SMARTS) is 1. The summed E-state index contributed by atoms with van der Waals surface area (Å²) in [5.41, 5.74) is 10.7. The molecular weight excluding hydrogens is 470 g/mol. The Hall–Kier alpha value is -4.01. The smallest absolute Gasteiger partial charge is 0.335 e. The van der Waals surface area contributed by atoms with Gasteiger partial charge in [0.15, 0.2) is 0 Å². The van der Waals surface area contributed by atoms with E-state index in [1.54, 1.807) is 36.4 Å². The van der Waals surface area contributed by atoms with Gasteiger partial charge in [0, 0.05) is 25.1 Å². The molecule has 0 aliphatic rings. The third kappa shape index (κ3) is 8.27. The van der Waals surface area contributed by atoms with E-state index < -0.39 is 18.0 Å². The minimum atomic E-state index is -0.961. The predicted molar refractivity (Wildman–Crippen MR) is 142 cm³/mol. The zero-order valence-corrected chi connectivity index (χ0v) is 20.9. The zero-order valence-electron chi connectivity index (χ0n) is 20.9. The molecule has 1 atom stereocenters. The van der Waals surface area contributed by atoms with Gasteiger partial charge in [-0.2, -0.15) is 0 Å². The van der Waals surface area contributed by atoms with E-state index in [0.717, 1.165) is 27.8 Å². The van der Waals surface area contributed by atoms with Gasteiger partial charge >= 0.3 is 5.97 Å². The van der Waals surface area contributed by atoms with Crippen LogP contribution in [0.4, 0.5) is 0 Å². The Bertz CT molecular complexity index is 1240. The van der Waals surface area contributed by atoms with E-state index in [9.17, 15) is 19.5 Å². The van der Waals surface area contributed by atoms with Gasteiger partial charge in [0.25, 0.3) is 0 Å². The Balaban J connectivity index is 1.37. The predicted octanol–water partition coefficient (Wildman–Crippen LogP) is 3.22. The highest BCUT2D eigenvalue weighted by Crippen LogP contribution is 2.27. The van der Waals surface area contributed by atoms with Crippen LogP contribution >= 0.6 is 0 Å². The molecule has 0 fully saturated rings. The third-order valence-electron chi connectivity index (χ3n) is 6.15. The highest BCUT2D eigenvalue weighted by Gasteiger charge is 2.11. The summed E-state index contributed by atoms with van der Waals surface area (Å²) in [7, 11) is 0. The van der Waals surface area contributed by atoms with E-state index in [1.165, 1.54) is 0 Å². The molecule has 0 saturated carbocycles. The molecule has 0 aromatic heterocycles. The fourth-order valence-electron chi connectivity index (χ4n) is 4.04. The molecule has 3 aromatic carbocycles. The average molecular weight is 504 g/mol. The lowest BCUT2D eigenvalue weighted by molar-refractivity contribution is -0.120. The van der Waals surface area contributed by atoms with Crippen LogP contribution in [0.5, 0.6) is 0 Å². The minimum Gasteiger partial charge on any atom is -0.478 e. The number of carbonyl (C=O) groups excluding carboxylic acids is 2. The average Bonchev–Trinajstić information content (AvgIpc) is 2.88. The van der Waals surface area contributed by atoms with Gasteiger partial charge in [-0.05, 0) is 84.5 Å². The summed E-state index contributed by atoms with van der Waals surface area (Å²) in [5.74, 6) is -1.49. The van der Waals surface area contributed by atoms with Crippen LogP contribution in [0, 0.1) is 6.92 Å². The van der Waals surface area contributed by atoms with Gasteiger partial charge < -0.3 is 26.6 Å². The van der Waals surface area contributed by atoms with Gasteiger partial charge in [-0.25, -0.2) is 4.79 Å². The molecule has 8 nitrogen and oxygen atoms in total. The first-order valence-corrected chi connectivity index (χ1v) is 12.2. The zero-order chi connectivity index (χ0) is 26.8. The Morgan fingerprint density at radius 2 is 1.65 bits per heavy atom. The summed E-state index contributed by atoms with van der Waals surface area (Å²) in [6.45, 7) is 3.45. The van der Waals surface area contributed by atoms with Crippen molar-refractivity contribution in [1.82, 2.24) is 10.6 Å². The van der Waals surface area contributed by atoms with Crippen molar-refractivity contribution in [2.45, 2.75) is 32.3 Å². The van der Waals surface area contributed by atoms with Crippen LogP contribution in [-0.4, -0.2) is 47.6 Å². The lowest BCUT2D eigenvalue weighted by Gasteiger charge is -2.14. The fraction of sp³-hybridized carbons (Fsp3) is 0.276. The van der Waals surface area contributed by atoms with Crippen molar-refractivity contribution in [1.29, 1.82) is 0 Å². The van der Waals surface area contributed by atoms with Gasteiger partial charge in [-0.1, -0.05) is 36.4 Å². The van der Waals surface area contributed by atoms with E-state index in [-0.39, 0.29) is 11.5 Å². The van der Waals surface area contributed by atoms with Crippen molar-refractivity contribution >= 4 is 17.8 Å². The second-order valence-corrected chi connectivity index (χ2v) is 8.93. The largest absolute Gasteiger partial charge is 0.478 e. The van der Waals surface area contributed by atoms with Crippen molar-refractivity contribution < 1.29 is 24.6 Å². The van der Waals surface area contributed by atoms with Gasteiger partial charge in [0.2, 0.25) is 11.8 Å². The molecule has 2 amide bonds. The maximum absolute atomic E-state index is 12.0. The molecule has 3 aromatic rings. The Kier molecular flexibility index (Phi) is 9.94. The monoisotopic (exact) mass is 503 g/mol. The lowest BCUT2D eigenvalue weighted by Crippen LogP contribution is -2.29. The van der Waals surface area contributed by atoms with Crippen molar-refractivity contribution in [2.75, 3.05) is 19.6 Å². The lowest BCUT2D eigenvalue weighted by atomic mass is 9.95. The van der Waals surface area contributed by atoms with Gasteiger partial charge in [0.1, 0.15) is 0 Å². The number of rotatable bonds is 13. The Labute approximate surface area is 216 Å². The number of hydrogen-bond acceptors (Lipinski definition) is 5. The summed E-state index contributed by atoms with van der Waals surface area (Å²) in [6.07, 6.45) is 0.791. The van der Waals surface area contributed by atoms with Crippen LogP contribution in [0.25, 0.3) is 11.1 Å². The van der Waals surface area contributed by atoms with Crippen LogP contribution in [-0.2, 0) is 11.2 Å². The second kappa shape index (κ2) is 13.3. The standard InChI is InChI=1S/C29H33N3O5/c1-19-17-24(28(30)35)9-10-25(19)22-3-2-4-23(18-22)26(33)12-14-31-15-13-27(34)32-16-11-20-5-7-21(8-6-20)29(36)37/h2-10,17-18,26,31,33H,11-16H2,1H3,(H2,30,35)(H,32,34)(H,36,37).